The number of hydrogen-bond acceptors (Lipinski definition) is 3. The van der Waals surface area contributed by atoms with Crippen LogP contribution < -0.4 is 0 Å². The number of rotatable bonds is 4. The maximum atomic E-state index is 12.2. The van der Waals surface area contributed by atoms with Crippen LogP contribution in [-0.2, 0) is 4.79 Å². The summed E-state index contributed by atoms with van der Waals surface area (Å²) in [5.74, 6) is -0.888. The number of β-amino-alcohol motifs (C(OH)–C–C–N with tert-alkyl or cyclic N) is 1. The third-order valence-corrected chi connectivity index (χ3v) is 3.75. The number of carbonyl (C=O) groups is 1. The van der Waals surface area contributed by atoms with Crippen molar-refractivity contribution >= 4 is 5.97 Å². The van der Waals surface area contributed by atoms with E-state index in [1.807, 2.05) is 0 Å². The fourth-order valence-corrected chi connectivity index (χ4v) is 2.23. The molecule has 0 aromatic carbocycles. The van der Waals surface area contributed by atoms with Crippen molar-refractivity contribution in [3.8, 4) is 0 Å². The van der Waals surface area contributed by atoms with Crippen molar-refractivity contribution in [2.75, 3.05) is 19.6 Å². The first-order chi connectivity index (χ1) is 8.21. The molecule has 7 heteroatoms. The van der Waals surface area contributed by atoms with Gasteiger partial charge in [-0.15, -0.1) is 0 Å². The molecule has 0 saturated carbocycles. The normalized spacial score (nSPS) is 22.7. The van der Waals surface area contributed by atoms with E-state index in [1.165, 1.54) is 4.90 Å². The van der Waals surface area contributed by atoms with Gasteiger partial charge in [0.2, 0.25) is 0 Å². The monoisotopic (exact) mass is 269 g/mol. The lowest BCUT2D eigenvalue weighted by Gasteiger charge is -2.39. The number of likely N-dealkylation sites (tertiary alicyclic amines) is 1. The highest BCUT2D eigenvalue weighted by atomic mass is 19.4. The molecule has 2 N–H and O–H groups in total. The zero-order valence-electron chi connectivity index (χ0n) is 10.2. The lowest BCUT2D eigenvalue weighted by atomic mass is 9.76. The van der Waals surface area contributed by atoms with Crippen LogP contribution in [0.1, 0.15) is 26.2 Å². The van der Waals surface area contributed by atoms with Crippen molar-refractivity contribution in [2.24, 2.45) is 5.41 Å². The zero-order valence-corrected chi connectivity index (χ0v) is 10.2. The van der Waals surface area contributed by atoms with Crippen molar-refractivity contribution in [3.05, 3.63) is 0 Å². The molecule has 0 amide bonds. The molecule has 0 spiro atoms. The summed E-state index contributed by atoms with van der Waals surface area (Å²) >= 11 is 0. The maximum Gasteiger partial charge on any atom is 0.415 e. The molecule has 1 atom stereocenters. The first kappa shape index (κ1) is 15.2. The maximum absolute atomic E-state index is 12.2. The van der Waals surface area contributed by atoms with Crippen LogP contribution in [0.5, 0.6) is 0 Å². The predicted octanol–water partition coefficient (Wildman–Crippen LogP) is 1.49. The van der Waals surface area contributed by atoms with Gasteiger partial charge >= 0.3 is 12.1 Å². The van der Waals surface area contributed by atoms with Crippen LogP contribution in [0.3, 0.4) is 0 Å². The Morgan fingerprint density at radius 1 is 1.39 bits per heavy atom. The summed E-state index contributed by atoms with van der Waals surface area (Å²) in [7, 11) is 0. The average Bonchev–Trinajstić information content (AvgIpc) is 2.28. The molecule has 106 valence electrons. The van der Waals surface area contributed by atoms with Crippen LogP contribution in [0.15, 0.2) is 0 Å². The number of hydrogen-bond donors (Lipinski definition) is 2. The Morgan fingerprint density at radius 2 is 1.89 bits per heavy atom. The van der Waals surface area contributed by atoms with E-state index in [1.54, 1.807) is 6.92 Å². The molecule has 0 radical (unpaired) electrons. The van der Waals surface area contributed by atoms with Crippen molar-refractivity contribution in [3.63, 3.8) is 0 Å². The van der Waals surface area contributed by atoms with E-state index in [2.05, 4.69) is 0 Å². The van der Waals surface area contributed by atoms with E-state index in [4.69, 9.17) is 10.2 Å². The molecular formula is C11H18F3NO3. The summed E-state index contributed by atoms with van der Waals surface area (Å²) in [5.41, 5.74) is -0.820. The van der Waals surface area contributed by atoms with Gasteiger partial charge in [0.05, 0.1) is 5.41 Å². The van der Waals surface area contributed by atoms with Gasteiger partial charge in [0.25, 0.3) is 0 Å². The Labute approximate surface area is 103 Å². The second-order valence-corrected chi connectivity index (χ2v) is 4.80. The van der Waals surface area contributed by atoms with Crippen molar-refractivity contribution < 1.29 is 28.2 Å². The highest BCUT2D eigenvalue weighted by molar-refractivity contribution is 5.74. The number of carboxylic acids is 1. The first-order valence-electron chi connectivity index (χ1n) is 5.92. The van der Waals surface area contributed by atoms with Gasteiger partial charge in [0.1, 0.15) is 0 Å². The summed E-state index contributed by atoms with van der Waals surface area (Å²) in [6.07, 6.45) is -5.87. The lowest BCUT2D eigenvalue weighted by Crippen LogP contribution is -2.48. The number of halogens is 3. The predicted molar refractivity (Wildman–Crippen MR) is 58.1 cm³/mol. The van der Waals surface area contributed by atoms with Gasteiger partial charge in [-0.25, -0.2) is 0 Å². The molecule has 1 aliphatic heterocycles. The third-order valence-electron chi connectivity index (χ3n) is 3.75. The highest BCUT2D eigenvalue weighted by Crippen LogP contribution is 2.35. The average molecular weight is 269 g/mol. The minimum Gasteiger partial charge on any atom is -0.481 e. The molecule has 1 unspecified atom stereocenters. The lowest BCUT2D eigenvalue weighted by molar-refractivity contribution is -0.209. The van der Waals surface area contributed by atoms with E-state index in [0.717, 1.165) is 0 Å². The second-order valence-electron chi connectivity index (χ2n) is 4.80. The molecule has 1 fully saturated rings. The fourth-order valence-electron chi connectivity index (χ4n) is 2.23. The zero-order chi connectivity index (χ0) is 14.0. The van der Waals surface area contributed by atoms with Crippen LogP contribution in [0.2, 0.25) is 0 Å². The standard InChI is InChI=1S/C11H18F3NO3/c1-2-10(9(17)18)3-5-15(6-4-10)7-8(16)11(12,13)14/h8,16H,2-7H2,1H3,(H,17,18). The summed E-state index contributed by atoms with van der Waals surface area (Å²) in [6.45, 7) is 1.83. The highest BCUT2D eigenvalue weighted by Gasteiger charge is 2.43. The van der Waals surface area contributed by atoms with Crippen molar-refractivity contribution in [1.82, 2.24) is 4.90 Å². The summed E-state index contributed by atoms with van der Waals surface area (Å²) in [4.78, 5) is 12.6. The van der Waals surface area contributed by atoms with E-state index in [0.29, 0.717) is 19.3 Å². The Balaban J connectivity index is 2.52. The first-order valence-corrected chi connectivity index (χ1v) is 5.92. The molecule has 0 aromatic rings. The van der Waals surface area contributed by atoms with E-state index < -0.39 is 30.2 Å². The van der Waals surface area contributed by atoms with Gasteiger partial charge in [0.15, 0.2) is 6.10 Å². The van der Waals surface area contributed by atoms with Gasteiger partial charge < -0.3 is 15.1 Å². The number of nitrogens with zero attached hydrogens (tertiary/aromatic N) is 1. The van der Waals surface area contributed by atoms with Crippen LogP contribution in [0, 0.1) is 5.41 Å². The largest absolute Gasteiger partial charge is 0.481 e. The Kier molecular flexibility index (Phi) is 4.61. The molecule has 1 saturated heterocycles. The number of aliphatic carboxylic acids is 1. The molecule has 18 heavy (non-hydrogen) atoms. The molecule has 1 rings (SSSR count). The number of alkyl halides is 3. The van der Waals surface area contributed by atoms with Crippen LogP contribution in [-0.4, -0.2) is 53.0 Å². The van der Waals surface area contributed by atoms with Gasteiger partial charge in [-0.1, -0.05) is 6.92 Å². The van der Waals surface area contributed by atoms with Crippen LogP contribution in [0.25, 0.3) is 0 Å². The summed E-state index contributed by atoms with van der Waals surface area (Å²) in [5, 5.41) is 18.1. The minimum atomic E-state index is -4.62. The van der Waals surface area contributed by atoms with Crippen molar-refractivity contribution in [1.29, 1.82) is 0 Å². The molecule has 0 bridgehead atoms. The number of carboxylic acid groups (broad SMARTS) is 1. The van der Waals surface area contributed by atoms with Gasteiger partial charge in [-0.05, 0) is 32.4 Å². The molecule has 1 aliphatic rings. The quantitative estimate of drug-likeness (QED) is 0.811. The Hall–Kier alpha value is -0.820. The van der Waals surface area contributed by atoms with E-state index >= 15 is 0 Å². The molecule has 1 heterocycles. The smallest absolute Gasteiger partial charge is 0.415 e. The van der Waals surface area contributed by atoms with E-state index in [9.17, 15) is 18.0 Å². The van der Waals surface area contributed by atoms with Crippen molar-refractivity contribution in [2.45, 2.75) is 38.5 Å². The molecule has 4 nitrogen and oxygen atoms in total. The fraction of sp³-hybridized carbons (Fsp3) is 0.909. The topological polar surface area (TPSA) is 60.8 Å². The molecular weight excluding hydrogens is 251 g/mol. The van der Waals surface area contributed by atoms with Gasteiger partial charge in [0, 0.05) is 6.54 Å². The third kappa shape index (κ3) is 3.35. The SMILES string of the molecule is CCC1(C(=O)O)CCN(CC(O)C(F)(F)F)CC1. The van der Waals surface area contributed by atoms with Gasteiger partial charge in [-0.2, -0.15) is 13.2 Å². The van der Waals surface area contributed by atoms with Crippen LogP contribution >= 0.6 is 0 Å². The number of piperidine rings is 1. The van der Waals surface area contributed by atoms with Crippen LogP contribution in [0.4, 0.5) is 13.2 Å². The van der Waals surface area contributed by atoms with Gasteiger partial charge in [-0.3, -0.25) is 4.79 Å². The minimum absolute atomic E-state index is 0.271. The Morgan fingerprint density at radius 3 is 2.22 bits per heavy atom. The summed E-state index contributed by atoms with van der Waals surface area (Å²) < 4.78 is 36.5. The second kappa shape index (κ2) is 5.44. The number of aliphatic hydroxyl groups is 1. The molecule has 0 aromatic heterocycles. The summed E-state index contributed by atoms with van der Waals surface area (Å²) in [6, 6.07) is 0. The van der Waals surface area contributed by atoms with E-state index in [-0.39, 0.29) is 13.1 Å². The number of aliphatic hydroxyl groups excluding tert-OH is 1. The Bertz CT molecular complexity index is 298. The molecule has 0 aliphatic carbocycles.